The van der Waals surface area contributed by atoms with Crippen LogP contribution in [-0.4, -0.2) is 47.6 Å². The maximum atomic E-state index is 13.2. The van der Waals surface area contributed by atoms with Crippen molar-refractivity contribution in [2.24, 2.45) is 0 Å². The summed E-state index contributed by atoms with van der Waals surface area (Å²) in [5.74, 6) is -0.511. The molecule has 0 aliphatic carbocycles. The predicted molar refractivity (Wildman–Crippen MR) is 81.7 cm³/mol. The van der Waals surface area contributed by atoms with E-state index in [0.717, 1.165) is 32.2 Å². The van der Waals surface area contributed by atoms with Crippen molar-refractivity contribution in [1.82, 2.24) is 9.80 Å². The second-order valence-corrected chi connectivity index (χ2v) is 5.89. The van der Waals surface area contributed by atoms with Gasteiger partial charge in [0.05, 0.1) is 6.26 Å². The van der Waals surface area contributed by atoms with Gasteiger partial charge in [-0.05, 0) is 29.8 Å². The number of nitrogens with zero attached hydrogens (tertiary/aromatic N) is 2. The Hall–Kier alpha value is -1.76. The zero-order valence-electron chi connectivity index (χ0n) is 12.8. The maximum absolute atomic E-state index is 13.2. The second-order valence-electron chi connectivity index (χ2n) is 5.89. The minimum atomic E-state index is -0.631. The van der Waals surface area contributed by atoms with E-state index < -0.39 is 17.7 Å². The highest BCUT2D eigenvalue weighted by Gasteiger charge is 2.21. The van der Waals surface area contributed by atoms with Gasteiger partial charge in [0.2, 0.25) is 0 Å². The van der Waals surface area contributed by atoms with Crippen LogP contribution in [0.25, 0.3) is 0 Å². The van der Waals surface area contributed by atoms with Crippen molar-refractivity contribution in [3.05, 3.63) is 59.6 Å². The fourth-order valence-corrected chi connectivity index (χ4v) is 2.91. The summed E-state index contributed by atoms with van der Waals surface area (Å²) in [6.07, 6.45) is 0.920. The van der Waals surface area contributed by atoms with Crippen LogP contribution >= 0.6 is 0 Å². The smallest absolute Gasteiger partial charge is 0.133 e. The van der Waals surface area contributed by atoms with Crippen molar-refractivity contribution in [2.75, 3.05) is 32.7 Å². The molecule has 2 aromatic rings. The first-order valence-corrected chi connectivity index (χ1v) is 7.71. The van der Waals surface area contributed by atoms with Crippen LogP contribution in [0.15, 0.2) is 41.0 Å². The molecule has 2 heterocycles. The summed E-state index contributed by atoms with van der Waals surface area (Å²) in [6.45, 7) is 4.25. The topological polar surface area (TPSA) is 39.9 Å². The molecule has 23 heavy (non-hydrogen) atoms. The van der Waals surface area contributed by atoms with Gasteiger partial charge in [-0.15, -0.1) is 0 Å². The minimum absolute atomic E-state index is 0.524. The van der Waals surface area contributed by atoms with E-state index in [-0.39, 0.29) is 0 Å². The molecule has 1 saturated heterocycles. The van der Waals surface area contributed by atoms with E-state index in [9.17, 15) is 13.9 Å². The quantitative estimate of drug-likeness (QED) is 0.918. The summed E-state index contributed by atoms with van der Waals surface area (Å²) in [5.41, 5.74) is 0.645. The first kappa shape index (κ1) is 16.1. The zero-order chi connectivity index (χ0) is 16.2. The van der Waals surface area contributed by atoms with E-state index in [0.29, 0.717) is 24.4 Å². The Bertz CT molecular complexity index is 605. The molecular formula is C17H20F2N2O2. The fraction of sp³-hybridized carbons (Fsp3) is 0.412. The van der Waals surface area contributed by atoms with Crippen LogP contribution < -0.4 is 0 Å². The summed E-state index contributed by atoms with van der Waals surface area (Å²) >= 11 is 0. The molecule has 1 aromatic heterocycles. The number of aliphatic hydroxyl groups excluding tert-OH is 1. The Morgan fingerprint density at radius 2 is 1.70 bits per heavy atom. The average molecular weight is 322 g/mol. The van der Waals surface area contributed by atoms with E-state index >= 15 is 0 Å². The number of hydrogen-bond donors (Lipinski definition) is 1. The van der Waals surface area contributed by atoms with Crippen LogP contribution in [0.4, 0.5) is 8.78 Å². The van der Waals surface area contributed by atoms with E-state index in [1.807, 2.05) is 0 Å². The molecule has 0 saturated carbocycles. The lowest BCUT2D eigenvalue weighted by molar-refractivity contribution is 0.0597. The third kappa shape index (κ3) is 4.37. The van der Waals surface area contributed by atoms with E-state index in [4.69, 9.17) is 4.42 Å². The van der Waals surface area contributed by atoms with Crippen LogP contribution in [0.3, 0.4) is 0 Å². The van der Waals surface area contributed by atoms with Crippen LogP contribution in [0, 0.1) is 11.6 Å². The maximum Gasteiger partial charge on any atom is 0.133 e. The summed E-state index contributed by atoms with van der Waals surface area (Å²) in [6, 6.07) is 7.15. The molecule has 3 rings (SSSR count). The summed E-state index contributed by atoms with van der Waals surface area (Å²) in [5, 5.41) is 10.1. The predicted octanol–water partition coefficient (Wildman–Crippen LogP) is 2.41. The Labute approximate surface area is 133 Å². The molecule has 4 nitrogen and oxygen atoms in total. The Balaban J connectivity index is 1.48. The number of hydrogen-bond acceptors (Lipinski definition) is 4. The third-order valence-electron chi connectivity index (χ3n) is 4.10. The molecule has 1 aliphatic heterocycles. The SMILES string of the molecule is OC(CN1CCN(Cc2cc(F)cc(F)c2)CC1)c1ccco1. The van der Waals surface area contributed by atoms with Crippen molar-refractivity contribution in [3.8, 4) is 0 Å². The first-order chi connectivity index (χ1) is 11.1. The van der Waals surface area contributed by atoms with E-state index in [2.05, 4.69) is 9.80 Å². The highest BCUT2D eigenvalue weighted by atomic mass is 19.1. The normalized spacial score (nSPS) is 18.2. The standard InChI is InChI=1S/C17H20F2N2O2/c18-14-8-13(9-15(19)10-14)11-20-3-5-21(6-4-20)12-16(22)17-2-1-7-23-17/h1-2,7-10,16,22H,3-6,11-12H2. The Morgan fingerprint density at radius 1 is 1.04 bits per heavy atom. The number of piperazine rings is 1. The molecule has 1 N–H and O–H groups in total. The van der Waals surface area contributed by atoms with Crippen LogP contribution in [0.2, 0.25) is 0 Å². The minimum Gasteiger partial charge on any atom is -0.467 e. The monoisotopic (exact) mass is 322 g/mol. The summed E-state index contributed by atoms with van der Waals surface area (Å²) in [7, 11) is 0. The number of halogens is 2. The molecule has 0 amide bonds. The van der Waals surface area contributed by atoms with Crippen molar-refractivity contribution in [3.63, 3.8) is 0 Å². The molecule has 1 aliphatic rings. The number of β-amino-alcohol motifs (C(OH)–C–C–N with tert-alkyl or cyclic N) is 1. The van der Waals surface area contributed by atoms with Crippen molar-refractivity contribution >= 4 is 0 Å². The van der Waals surface area contributed by atoms with Crippen LogP contribution in [0.1, 0.15) is 17.4 Å². The zero-order valence-corrected chi connectivity index (χ0v) is 12.8. The Morgan fingerprint density at radius 3 is 2.30 bits per heavy atom. The number of aliphatic hydroxyl groups is 1. The van der Waals surface area contributed by atoms with Crippen LogP contribution in [-0.2, 0) is 6.54 Å². The molecule has 1 aromatic carbocycles. The van der Waals surface area contributed by atoms with Crippen molar-refractivity contribution < 1.29 is 18.3 Å². The molecule has 6 heteroatoms. The van der Waals surface area contributed by atoms with Gasteiger partial charge in [-0.25, -0.2) is 8.78 Å². The number of benzene rings is 1. The molecule has 1 unspecified atom stereocenters. The largest absolute Gasteiger partial charge is 0.467 e. The third-order valence-corrected chi connectivity index (χ3v) is 4.10. The number of furan rings is 1. The molecular weight excluding hydrogens is 302 g/mol. The fourth-order valence-electron chi connectivity index (χ4n) is 2.91. The van der Waals surface area contributed by atoms with Gasteiger partial charge in [0.15, 0.2) is 0 Å². The molecule has 124 valence electrons. The van der Waals surface area contributed by atoms with Crippen molar-refractivity contribution in [2.45, 2.75) is 12.6 Å². The van der Waals surface area contributed by atoms with Crippen molar-refractivity contribution in [1.29, 1.82) is 0 Å². The van der Waals surface area contributed by atoms with Gasteiger partial charge in [0.25, 0.3) is 0 Å². The van der Waals surface area contributed by atoms with Gasteiger partial charge in [-0.2, -0.15) is 0 Å². The molecule has 0 bridgehead atoms. The van der Waals surface area contributed by atoms with Gasteiger partial charge in [0.1, 0.15) is 23.5 Å². The lowest BCUT2D eigenvalue weighted by Crippen LogP contribution is -2.47. The van der Waals surface area contributed by atoms with E-state index in [1.54, 1.807) is 18.4 Å². The molecule has 0 radical (unpaired) electrons. The van der Waals surface area contributed by atoms with Gasteiger partial charge >= 0.3 is 0 Å². The van der Waals surface area contributed by atoms with Gasteiger partial charge in [0, 0.05) is 45.3 Å². The lowest BCUT2D eigenvalue weighted by atomic mass is 10.1. The molecule has 0 spiro atoms. The Kier molecular flexibility index (Phi) is 5.05. The first-order valence-electron chi connectivity index (χ1n) is 7.71. The second kappa shape index (κ2) is 7.21. The molecule has 1 fully saturated rings. The average Bonchev–Trinajstić information content (AvgIpc) is 3.02. The summed E-state index contributed by atoms with van der Waals surface area (Å²) in [4.78, 5) is 4.32. The summed E-state index contributed by atoms with van der Waals surface area (Å²) < 4.78 is 31.6. The highest BCUT2D eigenvalue weighted by Crippen LogP contribution is 2.17. The van der Waals surface area contributed by atoms with Gasteiger partial charge in [-0.1, -0.05) is 0 Å². The van der Waals surface area contributed by atoms with Gasteiger partial charge in [-0.3, -0.25) is 9.80 Å². The molecule has 1 atom stereocenters. The van der Waals surface area contributed by atoms with Gasteiger partial charge < -0.3 is 9.52 Å². The van der Waals surface area contributed by atoms with Crippen LogP contribution in [0.5, 0.6) is 0 Å². The highest BCUT2D eigenvalue weighted by molar-refractivity contribution is 5.17. The number of rotatable bonds is 5. The van der Waals surface area contributed by atoms with E-state index in [1.165, 1.54) is 12.1 Å². The lowest BCUT2D eigenvalue weighted by Gasteiger charge is -2.35.